The molecule has 0 amide bonds. The molecule has 5 aromatic rings. The number of nitrogens with two attached hydrogens (primary N) is 1. The summed E-state index contributed by atoms with van der Waals surface area (Å²) in [7, 11) is 3.20. The second kappa shape index (κ2) is 9.87. The fraction of sp³-hybridized carbons (Fsp3) is 0.192. The van der Waals surface area contributed by atoms with E-state index in [9.17, 15) is 0 Å². The van der Waals surface area contributed by atoms with Crippen molar-refractivity contribution in [2.24, 2.45) is 0 Å². The molecule has 3 aromatic heterocycles. The van der Waals surface area contributed by atoms with E-state index in [4.69, 9.17) is 19.9 Å². The number of hydrogen-bond donors (Lipinski definition) is 1. The number of hydrogen-bond acceptors (Lipinski definition) is 9. The van der Waals surface area contributed by atoms with E-state index in [-0.39, 0.29) is 12.6 Å². The van der Waals surface area contributed by atoms with Crippen LogP contribution in [0.2, 0.25) is 0 Å². The van der Waals surface area contributed by atoms with Gasteiger partial charge in [-0.1, -0.05) is 30.3 Å². The molecule has 36 heavy (non-hydrogen) atoms. The molecule has 0 saturated heterocycles. The predicted octanol–water partition coefficient (Wildman–Crippen LogP) is 3.68. The molecule has 0 radical (unpaired) electrons. The highest BCUT2D eigenvalue weighted by molar-refractivity contribution is 5.84. The number of ether oxygens (including phenoxy) is 3. The lowest BCUT2D eigenvalue weighted by Crippen LogP contribution is -2.09. The molecule has 0 spiro atoms. The fourth-order valence-corrected chi connectivity index (χ4v) is 3.98. The number of nitrogens with zero attached hydrogens (tertiary/aromatic N) is 6. The molecule has 0 aliphatic carbocycles. The molecular formula is C26H25N7O3. The van der Waals surface area contributed by atoms with Gasteiger partial charge in [0.05, 0.1) is 19.9 Å². The van der Waals surface area contributed by atoms with Crippen LogP contribution in [0, 0.1) is 6.92 Å². The molecule has 2 N–H and O–H groups in total. The average molecular weight is 484 g/mol. The summed E-state index contributed by atoms with van der Waals surface area (Å²) in [5, 5.41) is 6.50. The molecule has 5 rings (SSSR count). The summed E-state index contributed by atoms with van der Waals surface area (Å²) in [6, 6.07) is 17.4. The molecule has 0 aliphatic rings. The van der Waals surface area contributed by atoms with Gasteiger partial charge in [-0.15, -0.1) is 5.10 Å². The summed E-state index contributed by atoms with van der Waals surface area (Å²) in [6.45, 7) is 2.05. The Morgan fingerprint density at radius 2 is 1.75 bits per heavy atom. The van der Waals surface area contributed by atoms with Crippen LogP contribution in [0.1, 0.15) is 22.9 Å². The maximum absolute atomic E-state index is 6.03. The quantitative estimate of drug-likeness (QED) is 0.352. The second-order valence-corrected chi connectivity index (χ2v) is 8.04. The minimum Gasteiger partial charge on any atom is -0.493 e. The lowest BCUT2D eigenvalue weighted by Gasteiger charge is -2.11. The summed E-state index contributed by atoms with van der Waals surface area (Å²) in [5.41, 5.74) is 7.74. The summed E-state index contributed by atoms with van der Waals surface area (Å²) in [5.74, 6) is 3.46. The standard InChI is InChI=1S/C26H25N7O3/c1-16-29-24(14-25(30-16)36-15-20-19-7-5-4-6-18(19)10-11-28-20)33-23(31-26(27)32-33)13-17-8-9-21(34-2)22(12-17)35-3/h4-12,14H,13,15H2,1-3H3,(H2,27,32). The van der Waals surface area contributed by atoms with Crippen LogP contribution in [0.15, 0.2) is 60.8 Å². The molecule has 0 bridgehead atoms. The summed E-state index contributed by atoms with van der Waals surface area (Å²) < 4.78 is 18.4. The van der Waals surface area contributed by atoms with Gasteiger partial charge in [-0.3, -0.25) is 4.98 Å². The van der Waals surface area contributed by atoms with Crippen molar-refractivity contribution in [3.63, 3.8) is 0 Å². The number of anilines is 1. The molecule has 2 aromatic carbocycles. The first-order chi connectivity index (χ1) is 17.5. The lowest BCUT2D eigenvalue weighted by atomic mass is 10.1. The first-order valence-corrected chi connectivity index (χ1v) is 11.3. The summed E-state index contributed by atoms with van der Waals surface area (Å²) in [6.07, 6.45) is 2.22. The van der Waals surface area contributed by atoms with Crippen molar-refractivity contribution in [1.82, 2.24) is 29.7 Å². The number of benzene rings is 2. The van der Waals surface area contributed by atoms with Crippen molar-refractivity contribution in [2.45, 2.75) is 20.0 Å². The Labute approximate surface area is 207 Å². The van der Waals surface area contributed by atoms with Crippen molar-refractivity contribution < 1.29 is 14.2 Å². The normalized spacial score (nSPS) is 11.0. The van der Waals surface area contributed by atoms with Crippen LogP contribution in [0.3, 0.4) is 0 Å². The highest BCUT2D eigenvalue weighted by Gasteiger charge is 2.16. The molecule has 0 unspecified atom stereocenters. The third kappa shape index (κ3) is 4.74. The monoisotopic (exact) mass is 483 g/mol. The van der Waals surface area contributed by atoms with Gasteiger partial charge in [-0.05, 0) is 36.1 Å². The van der Waals surface area contributed by atoms with Crippen LogP contribution in [0.25, 0.3) is 16.6 Å². The molecule has 0 aliphatic heterocycles. The number of aryl methyl sites for hydroxylation is 1. The molecule has 182 valence electrons. The van der Waals surface area contributed by atoms with Crippen LogP contribution in [0.5, 0.6) is 17.4 Å². The largest absolute Gasteiger partial charge is 0.493 e. The van der Waals surface area contributed by atoms with Crippen molar-refractivity contribution in [2.75, 3.05) is 20.0 Å². The number of aromatic nitrogens is 6. The van der Waals surface area contributed by atoms with Gasteiger partial charge in [-0.2, -0.15) is 14.6 Å². The van der Waals surface area contributed by atoms with Gasteiger partial charge < -0.3 is 19.9 Å². The Hall–Kier alpha value is -4.73. The first kappa shape index (κ1) is 23.0. The Morgan fingerprint density at radius 3 is 2.58 bits per heavy atom. The second-order valence-electron chi connectivity index (χ2n) is 8.04. The highest BCUT2D eigenvalue weighted by Crippen LogP contribution is 2.29. The minimum absolute atomic E-state index is 0.143. The van der Waals surface area contributed by atoms with Crippen LogP contribution >= 0.6 is 0 Å². The van der Waals surface area contributed by atoms with E-state index in [0.717, 1.165) is 22.0 Å². The number of rotatable bonds is 8. The summed E-state index contributed by atoms with van der Waals surface area (Å²) >= 11 is 0. The zero-order valence-corrected chi connectivity index (χ0v) is 20.2. The van der Waals surface area contributed by atoms with Gasteiger partial charge >= 0.3 is 0 Å². The van der Waals surface area contributed by atoms with Crippen molar-refractivity contribution in [3.05, 3.63) is 83.7 Å². The van der Waals surface area contributed by atoms with Crippen LogP contribution in [0.4, 0.5) is 5.95 Å². The zero-order chi connectivity index (χ0) is 25.1. The third-order valence-corrected chi connectivity index (χ3v) is 5.63. The van der Waals surface area contributed by atoms with Gasteiger partial charge in [-0.25, -0.2) is 4.98 Å². The maximum Gasteiger partial charge on any atom is 0.240 e. The van der Waals surface area contributed by atoms with E-state index in [2.05, 4.69) is 25.0 Å². The molecule has 0 fully saturated rings. The van der Waals surface area contributed by atoms with Gasteiger partial charge in [0.25, 0.3) is 0 Å². The van der Waals surface area contributed by atoms with Gasteiger partial charge in [0.1, 0.15) is 18.3 Å². The summed E-state index contributed by atoms with van der Waals surface area (Å²) in [4.78, 5) is 17.9. The maximum atomic E-state index is 6.03. The molecule has 10 heteroatoms. The first-order valence-electron chi connectivity index (χ1n) is 11.3. The van der Waals surface area contributed by atoms with E-state index in [0.29, 0.717) is 41.3 Å². The Bertz CT molecular complexity index is 1530. The minimum atomic E-state index is 0.143. The SMILES string of the molecule is COc1ccc(Cc2nc(N)nn2-c2cc(OCc3nccc4ccccc34)nc(C)n2)cc1OC. The van der Waals surface area contributed by atoms with E-state index in [1.54, 1.807) is 38.1 Å². The Balaban J connectivity index is 1.42. The van der Waals surface area contributed by atoms with E-state index in [1.807, 2.05) is 48.5 Å². The fourth-order valence-electron chi connectivity index (χ4n) is 3.98. The van der Waals surface area contributed by atoms with Crippen LogP contribution < -0.4 is 19.9 Å². The highest BCUT2D eigenvalue weighted by atomic mass is 16.5. The number of pyridine rings is 1. The molecule has 3 heterocycles. The smallest absolute Gasteiger partial charge is 0.240 e. The third-order valence-electron chi connectivity index (χ3n) is 5.63. The molecular weight excluding hydrogens is 458 g/mol. The Morgan fingerprint density at radius 1 is 0.917 bits per heavy atom. The Kier molecular flexibility index (Phi) is 6.31. The van der Waals surface area contributed by atoms with E-state index >= 15 is 0 Å². The van der Waals surface area contributed by atoms with Gasteiger partial charge in [0.15, 0.2) is 17.3 Å². The lowest BCUT2D eigenvalue weighted by molar-refractivity contribution is 0.289. The zero-order valence-electron chi connectivity index (χ0n) is 20.2. The van der Waals surface area contributed by atoms with Gasteiger partial charge in [0.2, 0.25) is 11.8 Å². The predicted molar refractivity (Wildman–Crippen MR) is 135 cm³/mol. The molecule has 0 saturated carbocycles. The van der Waals surface area contributed by atoms with E-state index in [1.165, 1.54) is 0 Å². The van der Waals surface area contributed by atoms with Crippen molar-refractivity contribution >= 4 is 16.7 Å². The van der Waals surface area contributed by atoms with Crippen LogP contribution in [-0.2, 0) is 13.0 Å². The van der Waals surface area contributed by atoms with E-state index < -0.39 is 0 Å². The number of nitrogen functional groups attached to an aromatic ring is 1. The number of fused-ring (bicyclic) bond motifs is 1. The van der Waals surface area contributed by atoms with Crippen molar-refractivity contribution in [3.8, 4) is 23.2 Å². The number of methoxy groups -OCH3 is 2. The topological polar surface area (TPSA) is 123 Å². The molecule has 0 atom stereocenters. The van der Waals surface area contributed by atoms with Crippen LogP contribution in [-0.4, -0.2) is 43.9 Å². The average Bonchev–Trinajstić information content (AvgIpc) is 3.26. The molecule has 10 nitrogen and oxygen atoms in total. The van der Waals surface area contributed by atoms with Gasteiger partial charge in [0, 0.05) is 24.1 Å². The van der Waals surface area contributed by atoms with Crippen molar-refractivity contribution in [1.29, 1.82) is 0 Å².